The van der Waals surface area contributed by atoms with Gasteiger partial charge in [0.25, 0.3) is 6.43 Å². The topological polar surface area (TPSA) is 48.0 Å². The molecule has 1 aliphatic heterocycles. The van der Waals surface area contributed by atoms with E-state index in [1.54, 1.807) is 53.4 Å². The molecular formula is C34H43F2N5OSi. The molecule has 0 aliphatic carbocycles. The van der Waals surface area contributed by atoms with Crippen LogP contribution >= 0.6 is 0 Å². The molecule has 4 aromatic rings. The number of aryl methyl sites for hydroxylation is 4. The highest BCUT2D eigenvalue weighted by atomic mass is 28.3. The molecule has 0 radical (unpaired) electrons. The number of hydrogen-bond acceptors (Lipinski definition) is 3. The highest BCUT2D eigenvalue weighted by molar-refractivity contribution is 6.90. The number of benzene rings is 2. The van der Waals surface area contributed by atoms with E-state index >= 15 is 0 Å². The summed E-state index contributed by atoms with van der Waals surface area (Å²) in [5.74, 6) is 3.60. The Hall–Kier alpha value is -3.64. The zero-order valence-electron chi connectivity index (χ0n) is 26.8. The van der Waals surface area contributed by atoms with E-state index in [2.05, 4.69) is 69.1 Å². The summed E-state index contributed by atoms with van der Waals surface area (Å²) in [4.78, 5) is 15.3. The van der Waals surface area contributed by atoms with Crippen molar-refractivity contribution < 1.29 is 8.78 Å². The van der Waals surface area contributed by atoms with Crippen LogP contribution in [0.1, 0.15) is 71.1 Å². The molecule has 6 nitrogen and oxygen atoms in total. The molecule has 5 rings (SSSR count). The molecule has 0 bridgehead atoms. The van der Waals surface area contributed by atoms with Gasteiger partial charge in [-0.25, -0.2) is 13.6 Å². The Labute approximate surface area is 254 Å². The number of halogens is 2. The lowest BCUT2D eigenvalue weighted by Crippen LogP contribution is -2.43. The van der Waals surface area contributed by atoms with Gasteiger partial charge in [0.2, 0.25) is 0 Å². The number of aromatic nitrogens is 4. The van der Waals surface area contributed by atoms with Crippen molar-refractivity contribution in [3.63, 3.8) is 0 Å². The molecule has 0 N–H and O–H groups in total. The quantitative estimate of drug-likeness (QED) is 0.166. The molecule has 43 heavy (non-hydrogen) atoms. The van der Waals surface area contributed by atoms with E-state index in [4.69, 9.17) is 0 Å². The maximum absolute atomic E-state index is 14.5. The Morgan fingerprint density at radius 3 is 2.19 bits per heavy atom. The third-order valence-electron chi connectivity index (χ3n) is 9.56. The Kier molecular flexibility index (Phi) is 8.21. The molecule has 0 unspecified atom stereocenters. The second kappa shape index (κ2) is 11.5. The summed E-state index contributed by atoms with van der Waals surface area (Å²) in [5.41, 5.74) is 11.4. The first kappa shape index (κ1) is 30.8. The Balaban J connectivity index is 1.74. The lowest BCUT2D eigenvalue weighted by Gasteiger charge is -2.38. The maximum Gasteiger partial charge on any atom is 0.328 e. The number of hydrogen-bond donors (Lipinski definition) is 0. The van der Waals surface area contributed by atoms with E-state index in [0.29, 0.717) is 34.3 Å². The van der Waals surface area contributed by atoms with Crippen molar-refractivity contribution in [2.24, 2.45) is 21.1 Å². The van der Waals surface area contributed by atoms with Gasteiger partial charge >= 0.3 is 5.69 Å². The molecule has 0 fully saturated rings. The molecule has 228 valence electrons. The van der Waals surface area contributed by atoms with Gasteiger partial charge < -0.3 is 4.90 Å². The lowest BCUT2D eigenvalue weighted by atomic mass is 9.92. The van der Waals surface area contributed by atoms with Crippen molar-refractivity contribution in [2.75, 3.05) is 11.4 Å². The first-order chi connectivity index (χ1) is 20.3. The predicted octanol–water partition coefficient (Wildman–Crippen LogP) is 7.87. The zero-order valence-corrected chi connectivity index (χ0v) is 27.8. The van der Waals surface area contributed by atoms with Gasteiger partial charge in [0.1, 0.15) is 8.07 Å². The van der Waals surface area contributed by atoms with Crippen molar-refractivity contribution in [3.05, 3.63) is 63.8 Å². The average molecular weight is 604 g/mol. The average Bonchev–Trinajstić information content (AvgIpc) is 3.48. The van der Waals surface area contributed by atoms with Crippen LogP contribution in [0.25, 0.3) is 22.2 Å². The van der Waals surface area contributed by atoms with Crippen LogP contribution in [0.4, 0.5) is 20.2 Å². The Bertz CT molecular complexity index is 1780. The van der Waals surface area contributed by atoms with Gasteiger partial charge in [-0.3, -0.25) is 13.8 Å². The van der Waals surface area contributed by atoms with Crippen molar-refractivity contribution >= 4 is 30.5 Å². The maximum atomic E-state index is 14.5. The molecule has 1 aliphatic rings. The van der Waals surface area contributed by atoms with Crippen molar-refractivity contribution in [1.29, 1.82) is 0 Å². The standard InChI is InChI=1S/C34H43F2N5OSi/c1-21(2)43(22(3)4,23(5)6)14-12-25-15-27(17-31-32(25)40(9)34(42)39(31)8)41-13-10-11-24-16-28(26-19-37-38(7)20-26)29(33(35)36)18-30(24)41/h15-23,33H,10-11,13H2,1-9H3. The second-order valence-electron chi connectivity index (χ2n) is 12.9. The van der Waals surface area contributed by atoms with Gasteiger partial charge in [-0.15, -0.1) is 5.54 Å². The minimum absolute atomic E-state index is 0.00608. The fourth-order valence-corrected chi connectivity index (χ4v) is 12.6. The monoisotopic (exact) mass is 603 g/mol. The fraction of sp³-hybridized carbons (Fsp3) is 0.471. The third-order valence-corrected chi connectivity index (χ3v) is 15.8. The Morgan fingerprint density at radius 2 is 1.60 bits per heavy atom. The molecule has 3 heterocycles. The minimum atomic E-state index is -2.63. The zero-order chi connectivity index (χ0) is 31.4. The second-order valence-corrected chi connectivity index (χ2v) is 18.5. The lowest BCUT2D eigenvalue weighted by molar-refractivity contribution is 0.152. The molecule has 2 aromatic heterocycles. The number of alkyl halides is 2. The van der Waals surface area contributed by atoms with Gasteiger partial charge in [-0.1, -0.05) is 47.5 Å². The third kappa shape index (κ3) is 5.14. The van der Waals surface area contributed by atoms with Gasteiger partial charge in [-0.05, 0) is 64.9 Å². The van der Waals surface area contributed by atoms with Crippen LogP contribution in [0.5, 0.6) is 0 Å². The van der Waals surface area contributed by atoms with Crippen molar-refractivity contribution in [2.45, 2.75) is 77.4 Å². The van der Waals surface area contributed by atoms with E-state index in [1.165, 1.54) is 0 Å². The van der Waals surface area contributed by atoms with Gasteiger partial charge in [0, 0.05) is 56.4 Å². The summed E-state index contributed by atoms with van der Waals surface area (Å²) in [6, 6.07) is 7.62. The van der Waals surface area contributed by atoms with Crippen LogP contribution in [0.15, 0.2) is 41.5 Å². The van der Waals surface area contributed by atoms with Crippen LogP contribution in [0.3, 0.4) is 0 Å². The summed E-state index contributed by atoms with van der Waals surface area (Å²) in [5, 5.41) is 4.21. The SMILES string of the molecule is CC(C)[Si](C#Cc1cc(N2CCCc3cc(-c4cnn(C)c4)c(C(F)F)cc32)cc2c1n(C)c(=O)n2C)(C(C)C)C(C)C. The molecule has 9 heteroatoms. The molecular weight excluding hydrogens is 560 g/mol. The van der Waals surface area contributed by atoms with Crippen LogP contribution in [-0.4, -0.2) is 33.5 Å². The van der Waals surface area contributed by atoms with Gasteiger partial charge in [0.05, 0.1) is 22.8 Å². The number of anilines is 2. The minimum Gasteiger partial charge on any atom is -0.341 e. The molecule has 0 saturated carbocycles. The number of nitrogens with zero attached hydrogens (tertiary/aromatic N) is 5. The van der Waals surface area contributed by atoms with Gasteiger partial charge in [-0.2, -0.15) is 5.10 Å². The normalized spacial score (nSPS) is 13.9. The fourth-order valence-electron chi connectivity index (χ4n) is 7.40. The van der Waals surface area contributed by atoms with E-state index < -0.39 is 14.5 Å². The summed E-state index contributed by atoms with van der Waals surface area (Å²) in [6.07, 6.45) is 2.45. The molecule has 0 saturated heterocycles. The first-order valence-electron chi connectivity index (χ1n) is 15.2. The largest absolute Gasteiger partial charge is 0.341 e. The molecule has 0 atom stereocenters. The van der Waals surface area contributed by atoms with Crippen LogP contribution in [-0.2, 0) is 27.6 Å². The highest BCUT2D eigenvalue weighted by Crippen LogP contribution is 2.43. The Morgan fingerprint density at radius 1 is 0.930 bits per heavy atom. The summed E-state index contributed by atoms with van der Waals surface area (Å²) >= 11 is 0. The summed E-state index contributed by atoms with van der Waals surface area (Å²) in [6.45, 7) is 14.4. The predicted molar refractivity (Wildman–Crippen MR) is 175 cm³/mol. The van der Waals surface area contributed by atoms with E-state index in [9.17, 15) is 13.6 Å². The van der Waals surface area contributed by atoms with Crippen LogP contribution < -0.4 is 10.6 Å². The van der Waals surface area contributed by atoms with Crippen LogP contribution in [0, 0.1) is 11.5 Å². The van der Waals surface area contributed by atoms with E-state index in [0.717, 1.165) is 46.4 Å². The first-order valence-corrected chi connectivity index (χ1v) is 17.4. The van der Waals surface area contributed by atoms with Crippen LogP contribution in [0.2, 0.25) is 16.6 Å². The highest BCUT2D eigenvalue weighted by Gasteiger charge is 2.41. The molecule has 2 aromatic carbocycles. The van der Waals surface area contributed by atoms with Crippen molar-refractivity contribution in [3.8, 4) is 22.6 Å². The van der Waals surface area contributed by atoms with Crippen molar-refractivity contribution in [1.82, 2.24) is 18.9 Å². The number of rotatable bonds is 6. The summed E-state index contributed by atoms with van der Waals surface area (Å²) in [7, 11) is 3.30. The smallest absolute Gasteiger partial charge is 0.328 e. The molecule has 0 amide bonds. The van der Waals surface area contributed by atoms with E-state index in [1.807, 2.05) is 12.1 Å². The van der Waals surface area contributed by atoms with E-state index in [-0.39, 0.29) is 11.3 Å². The summed E-state index contributed by atoms with van der Waals surface area (Å²) < 4.78 is 34.0. The molecule has 0 spiro atoms. The number of imidazole rings is 1. The van der Waals surface area contributed by atoms with Gasteiger partial charge in [0.15, 0.2) is 0 Å². The number of fused-ring (bicyclic) bond motifs is 2.